The van der Waals surface area contributed by atoms with E-state index in [0.717, 1.165) is 11.1 Å². The predicted octanol–water partition coefficient (Wildman–Crippen LogP) is 5.64. The molecule has 3 aromatic rings. The molecule has 1 fully saturated rings. The van der Waals surface area contributed by atoms with Gasteiger partial charge in [-0.3, -0.25) is 14.5 Å². The SMILES string of the molecule is Cc1sc(C(=O)Nc2cc(Cl)cc(NS(C)(=O)=O)c2)cc1-c1ncc(N2CC(F)(F)C2)cc1OC(C)C. The number of hydrogen-bond acceptors (Lipinski definition) is 7. The number of aromatic nitrogens is 1. The highest BCUT2D eigenvalue weighted by molar-refractivity contribution is 7.92. The second kappa shape index (κ2) is 10.1. The van der Waals surface area contributed by atoms with E-state index < -0.39 is 21.9 Å². The highest BCUT2D eigenvalue weighted by atomic mass is 35.5. The zero-order chi connectivity index (χ0) is 27.1. The van der Waals surface area contributed by atoms with E-state index in [4.69, 9.17) is 16.3 Å². The van der Waals surface area contributed by atoms with Crippen LogP contribution in [0.5, 0.6) is 5.75 Å². The first-order valence-electron chi connectivity index (χ1n) is 11.2. The summed E-state index contributed by atoms with van der Waals surface area (Å²) in [5.74, 6) is -2.70. The molecular formula is C24H25ClF2N4O4S2. The van der Waals surface area contributed by atoms with Gasteiger partial charge in [-0.05, 0) is 45.0 Å². The van der Waals surface area contributed by atoms with Crippen molar-refractivity contribution in [2.24, 2.45) is 0 Å². The van der Waals surface area contributed by atoms with Crippen LogP contribution in [0.25, 0.3) is 11.3 Å². The Bertz CT molecular complexity index is 1450. The number of nitrogens with zero attached hydrogens (tertiary/aromatic N) is 2. The van der Waals surface area contributed by atoms with E-state index in [1.54, 1.807) is 12.1 Å². The van der Waals surface area contributed by atoms with Crippen molar-refractivity contribution >= 4 is 55.9 Å². The summed E-state index contributed by atoms with van der Waals surface area (Å²) in [7, 11) is -3.53. The van der Waals surface area contributed by atoms with Crippen LogP contribution < -0.4 is 19.7 Å². The van der Waals surface area contributed by atoms with Crippen LogP contribution in [0.2, 0.25) is 5.02 Å². The molecule has 1 aliphatic rings. The van der Waals surface area contributed by atoms with Crippen LogP contribution in [-0.4, -0.2) is 50.7 Å². The smallest absolute Gasteiger partial charge is 0.282 e. The summed E-state index contributed by atoms with van der Waals surface area (Å²) in [6.45, 7) is 4.80. The highest BCUT2D eigenvalue weighted by Crippen LogP contribution is 2.40. The third kappa shape index (κ3) is 6.68. The number of pyridine rings is 1. The first-order valence-corrected chi connectivity index (χ1v) is 14.3. The van der Waals surface area contributed by atoms with E-state index in [0.29, 0.717) is 33.3 Å². The van der Waals surface area contributed by atoms with Crippen molar-refractivity contribution in [1.29, 1.82) is 0 Å². The van der Waals surface area contributed by atoms with Crippen LogP contribution in [0, 0.1) is 6.92 Å². The zero-order valence-corrected chi connectivity index (χ0v) is 22.8. The summed E-state index contributed by atoms with van der Waals surface area (Å²) in [5.41, 5.74) is 2.24. The van der Waals surface area contributed by atoms with Crippen LogP contribution in [0.1, 0.15) is 28.4 Å². The molecule has 2 N–H and O–H groups in total. The van der Waals surface area contributed by atoms with Gasteiger partial charge in [-0.25, -0.2) is 17.2 Å². The number of rotatable bonds is 8. The van der Waals surface area contributed by atoms with Crippen LogP contribution >= 0.6 is 22.9 Å². The second-order valence-electron chi connectivity index (χ2n) is 9.06. The number of alkyl halides is 2. The molecule has 1 saturated heterocycles. The van der Waals surface area contributed by atoms with Crippen LogP contribution in [0.15, 0.2) is 36.5 Å². The molecule has 1 aliphatic heterocycles. The Kier molecular flexibility index (Phi) is 7.37. The van der Waals surface area contributed by atoms with E-state index in [2.05, 4.69) is 15.0 Å². The number of amides is 1. The largest absolute Gasteiger partial charge is 0.489 e. The molecule has 1 amide bonds. The van der Waals surface area contributed by atoms with Crippen molar-refractivity contribution in [1.82, 2.24) is 4.98 Å². The molecular weight excluding hydrogens is 546 g/mol. The minimum atomic E-state index is -3.53. The molecule has 4 rings (SSSR count). The summed E-state index contributed by atoms with van der Waals surface area (Å²) in [6.07, 6.45) is 2.35. The predicted molar refractivity (Wildman–Crippen MR) is 143 cm³/mol. The van der Waals surface area contributed by atoms with Gasteiger partial charge in [0.25, 0.3) is 11.8 Å². The Balaban J connectivity index is 1.60. The standard InChI is InChI=1S/C24H25ClF2N4O4S2/c1-13(2)35-20-8-18(31-11-24(26,27)12-31)10-28-22(20)19-9-21(36-14(19)3)23(32)29-16-5-15(25)6-17(7-16)30-37(4,33)34/h5-10,13,30H,11-12H2,1-4H3,(H,29,32). The zero-order valence-electron chi connectivity index (χ0n) is 20.4. The van der Waals surface area contributed by atoms with Crippen LogP contribution in [-0.2, 0) is 10.0 Å². The van der Waals surface area contributed by atoms with Crippen molar-refractivity contribution in [2.75, 3.05) is 34.3 Å². The third-order valence-electron chi connectivity index (χ3n) is 5.27. The number of ether oxygens (including phenoxy) is 1. The number of aryl methyl sites for hydroxylation is 1. The lowest BCUT2D eigenvalue weighted by atomic mass is 10.1. The second-order valence-corrected chi connectivity index (χ2v) is 12.5. The topological polar surface area (TPSA) is 101 Å². The van der Waals surface area contributed by atoms with Gasteiger partial charge in [-0.1, -0.05) is 11.6 Å². The van der Waals surface area contributed by atoms with Crippen LogP contribution in [0.4, 0.5) is 25.8 Å². The van der Waals surface area contributed by atoms with Gasteiger partial charge in [-0.15, -0.1) is 11.3 Å². The van der Waals surface area contributed by atoms with E-state index in [1.807, 2.05) is 20.8 Å². The molecule has 0 aliphatic carbocycles. The maximum absolute atomic E-state index is 13.4. The molecule has 0 atom stereocenters. The lowest BCUT2D eigenvalue weighted by Gasteiger charge is -2.40. The Morgan fingerprint density at radius 1 is 1.19 bits per heavy atom. The molecule has 0 radical (unpaired) electrons. The first kappa shape index (κ1) is 27.1. The highest BCUT2D eigenvalue weighted by Gasteiger charge is 2.44. The summed E-state index contributed by atoms with van der Waals surface area (Å²) < 4.78 is 58.1. The number of sulfonamides is 1. The average Bonchev–Trinajstić information content (AvgIpc) is 3.11. The van der Waals surface area contributed by atoms with Crippen molar-refractivity contribution < 1.29 is 26.7 Å². The normalized spacial score (nSPS) is 14.9. The summed E-state index contributed by atoms with van der Waals surface area (Å²) in [6, 6.07) is 7.76. The fourth-order valence-electron chi connectivity index (χ4n) is 3.80. The summed E-state index contributed by atoms with van der Waals surface area (Å²) >= 11 is 7.34. The minimum Gasteiger partial charge on any atom is -0.489 e. The molecule has 0 bridgehead atoms. The van der Waals surface area contributed by atoms with Gasteiger partial charge >= 0.3 is 0 Å². The Morgan fingerprint density at radius 3 is 2.49 bits per heavy atom. The number of benzene rings is 1. The summed E-state index contributed by atoms with van der Waals surface area (Å²) in [5, 5.41) is 2.98. The van der Waals surface area contributed by atoms with Gasteiger partial charge in [0.1, 0.15) is 11.4 Å². The Labute approximate surface area is 222 Å². The number of thiophene rings is 1. The third-order valence-corrected chi connectivity index (χ3v) is 7.14. The first-order chi connectivity index (χ1) is 17.2. The van der Waals surface area contributed by atoms with E-state index in [-0.39, 0.29) is 29.9 Å². The molecule has 2 aromatic heterocycles. The fourth-order valence-corrected chi connectivity index (χ4v) is 5.50. The molecule has 0 spiro atoms. The van der Waals surface area contributed by atoms with Gasteiger partial charge in [0.05, 0.1) is 47.9 Å². The molecule has 37 heavy (non-hydrogen) atoms. The Hall–Kier alpha value is -2.96. The average molecular weight is 571 g/mol. The molecule has 13 heteroatoms. The molecule has 8 nitrogen and oxygen atoms in total. The molecule has 1 aromatic carbocycles. The lowest BCUT2D eigenvalue weighted by Crippen LogP contribution is -2.56. The maximum atomic E-state index is 13.4. The fraction of sp³-hybridized carbons (Fsp3) is 0.333. The van der Waals surface area contributed by atoms with E-state index >= 15 is 0 Å². The molecule has 3 heterocycles. The van der Waals surface area contributed by atoms with E-state index in [1.165, 1.54) is 40.6 Å². The lowest BCUT2D eigenvalue weighted by molar-refractivity contribution is -0.0263. The van der Waals surface area contributed by atoms with Crippen molar-refractivity contribution in [3.63, 3.8) is 0 Å². The van der Waals surface area contributed by atoms with Gasteiger partial charge in [0, 0.05) is 27.2 Å². The number of anilines is 3. The van der Waals surface area contributed by atoms with Crippen LogP contribution in [0.3, 0.4) is 0 Å². The minimum absolute atomic E-state index is 0.187. The van der Waals surface area contributed by atoms with Crippen molar-refractivity contribution in [2.45, 2.75) is 32.8 Å². The van der Waals surface area contributed by atoms with Crippen molar-refractivity contribution in [3.8, 4) is 17.0 Å². The molecule has 0 saturated carbocycles. The number of nitrogens with one attached hydrogen (secondary N) is 2. The van der Waals surface area contributed by atoms with Gasteiger partial charge in [0.15, 0.2) is 0 Å². The summed E-state index contributed by atoms with van der Waals surface area (Å²) in [4.78, 5) is 20.2. The molecule has 0 unspecified atom stereocenters. The number of carbonyl (C=O) groups excluding carboxylic acids is 1. The van der Waals surface area contributed by atoms with Crippen molar-refractivity contribution in [3.05, 3.63) is 51.3 Å². The quantitative estimate of drug-likeness (QED) is 0.364. The van der Waals surface area contributed by atoms with E-state index in [9.17, 15) is 22.0 Å². The number of carbonyl (C=O) groups is 1. The Morgan fingerprint density at radius 2 is 1.86 bits per heavy atom. The maximum Gasteiger partial charge on any atom is 0.282 e. The van der Waals surface area contributed by atoms with Gasteiger partial charge in [-0.2, -0.15) is 0 Å². The molecule has 198 valence electrons. The number of halogens is 3. The van der Waals surface area contributed by atoms with Gasteiger partial charge in [0.2, 0.25) is 10.0 Å². The number of hydrogen-bond donors (Lipinski definition) is 2. The monoisotopic (exact) mass is 570 g/mol. The van der Waals surface area contributed by atoms with Gasteiger partial charge < -0.3 is 15.0 Å².